The molecule has 2 N–H and O–H groups in total. The maximum absolute atomic E-state index is 8.87. The van der Waals surface area contributed by atoms with Gasteiger partial charge in [-0.1, -0.05) is 127 Å². The molecule has 204 valence electrons. The summed E-state index contributed by atoms with van der Waals surface area (Å²) in [4.78, 5) is 4.87. The molecule has 0 saturated carbocycles. The summed E-state index contributed by atoms with van der Waals surface area (Å²) in [6, 6.07) is 51.7. The van der Waals surface area contributed by atoms with Crippen LogP contribution in [0.15, 0.2) is 157 Å². The van der Waals surface area contributed by atoms with Gasteiger partial charge < -0.3 is 4.57 Å². The van der Waals surface area contributed by atoms with Crippen LogP contribution in [0.25, 0.3) is 49.3 Å². The van der Waals surface area contributed by atoms with Crippen LogP contribution in [-0.4, -0.2) is 20.9 Å². The number of nitrogens with zero attached hydrogens (tertiary/aromatic N) is 3. The molecule has 0 aliphatic rings. The Morgan fingerprint density at radius 1 is 0.488 bits per heavy atom. The molecule has 8 aromatic rings. The van der Waals surface area contributed by atoms with Crippen molar-refractivity contribution in [3.05, 3.63) is 163 Å². The van der Waals surface area contributed by atoms with Crippen LogP contribution in [0.2, 0.25) is 0 Å². The highest BCUT2D eigenvalue weighted by atomic mass is 15.4. The third kappa shape index (κ3) is 4.10. The number of rotatable bonds is 4. The van der Waals surface area contributed by atoms with Gasteiger partial charge in [0.25, 0.3) is 0 Å². The number of hydrogen-bond donors (Lipinski definition) is 2. The third-order valence-electron chi connectivity index (χ3n) is 8.02. The first-order valence-corrected chi connectivity index (χ1v) is 14.3. The average molecular weight is 554 g/mol. The molecule has 0 saturated heterocycles. The summed E-state index contributed by atoms with van der Waals surface area (Å²) in [7, 11) is 0. The average Bonchev–Trinajstić information content (AvgIpc) is 3.58. The number of hydrogen-bond acceptors (Lipinski definition) is 1. The molecule has 2 aromatic heterocycles. The van der Waals surface area contributed by atoms with Gasteiger partial charge in [0.2, 0.25) is 0 Å². The molecular formula is C38H27N5. The fourth-order valence-electron chi connectivity index (χ4n) is 6.09. The molecule has 5 heteroatoms. The lowest BCUT2D eigenvalue weighted by Crippen LogP contribution is -2.25. The van der Waals surface area contributed by atoms with E-state index in [1.165, 1.54) is 10.8 Å². The molecular weight excluding hydrogens is 526 g/mol. The van der Waals surface area contributed by atoms with E-state index in [-0.39, 0.29) is 5.84 Å². The molecule has 8 rings (SSSR count). The van der Waals surface area contributed by atoms with Crippen molar-refractivity contribution in [2.24, 2.45) is 4.99 Å². The van der Waals surface area contributed by atoms with Crippen LogP contribution < -0.4 is 5.43 Å². The van der Waals surface area contributed by atoms with Gasteiger partial charge in [0.05, 0.1) is 22.1 Å². The molecule has 0 bridgehead atoms. The van der Waals surface area contributed by atoms with Crippen molar-refractivity contribution in [3.63, 3.8) is 0 Å². The lowest BCUT2D eigenvalue weighted by molar-refractivity contribution is 1.07. The molecule has 0 spiro atoms. The van der Waals surface area contributed by atoms with E-state index in [0.717, 1.165) is 49.7 Å². The second-order valence-corrected chi connectivity index (χ2v) is 10.6. The Morgan fingerprint density at radius 3 is 1.67 bits per heavy atom. The second kappa shape index (κ2) is 10.2. The minimum Gasteiger partial charge on any atom is -0.307 e. The molecule has 6 aromatic carbocycles. The Morgan fingerprint density at radius 2 is 1.00 bits per heavy atom. The first kappa shape index (κ1) is 24.8. The van der Waals surface area contributed by atoms with Crippen molar-refractivity contribution >= 4 is 55.3 Å². The molecule has 0 unspecified atom stereocenters. The van der Waals surface area contributed by atoms with E-state index in [1.54, 1.807) is 0 Å². The highest BCUT2D eigenvalue weighted by Gasteiger charge is 2.21. The minimum atomic E-state index is 0.191. The van der Waals surface area contributed by atoms with Crippen molar-refractivity contribution < 1.29 is 0 Å². The van der Waals surface area contributed by atoms with E-state index in [0.29, 0.717) is 5.84 Å². The monoisotopic (exact) mass is 553 g/mol. The number of aromatic nitrogens is 2. The normalized spacial score (nSPS) is 12.0. The molecule has 43 heavy (non-hydrogen) atoms. The minimum absolute atomic E-state index is 0.191. The van der Waals surface area contributed by atoms with Crippen LogP contribution in [-0.2, 0) is 0 Å². The molecule has 0 atom stereocenters. The second-order valence-electron chi connectivity index (χ2n) is 10.6. The van der Waals surface area contributed by atoms with Crippen LogP contribution in [0, 0.1) is 5.41 Å². The van der Waals surface area contributed by atoms with Crippen LogP contribution in [0.1, 0.15) is 11.1 Å². The Hall–Kier alpha value is -5.94. The topological polar surface area (TPSA) is 58.1 Å². The standard InChI is InChI=1S/C38H27N5/c39-37(26-14-4-1-5-15-26)40-38(27-16-6-2-7-17-27)41-43-34-23-13-11-21-30(34)32-25-24-31-29-20-10-12-22-33(29)42(35(31)36(32)43)28-18-8-3-9-19-28/h1-25H,(H2,39,40,41). The third-order valence-corrected chi connectivity index (χ3v) is 8.02. The first-order chi connectivity index (χ1) is 21.3. The molecule has 5 nitrogen and oxygen atoms in total. The van der Waals surface area contributed by atoms with Crippen molar-refractivity contribution in [2.45, 2.75) is 0 Å². The zero-order valence-electron chi connectivity index (χ0n) is 23.3. The van der Waals surface area contributed by atoms with Gasteiger partial charge in [0.15, 0.2) is 11.7 Å². The SMILES string of the molecule is N=C(N=C(Nn1c2ccccc2c2ccc3c4ccccc4n(-c4ccccc4)c3c21)c1ccccc1)c1ccccc1. The fraction of sp³-hybridized carbons (Fsp3) is 0. The molecule has 0 fully saturated rings. The highest BCUT2D eigenvalue weighted by Crippen LogP contribution is 2.39. The first-order valence-electron chi connectivity index (χ1n) is 14.3. The number of benzene rings is 6. The summed E-state index contributed by atoms with van der Waals surface area (Å²) in [5.74, 6) is 0.785. The lowest BCUT2D eigenvalue weighted by Gasteiger charge is -2.16. The van der Waals surface area contributed by atoms with E-state index in [1.807, 2.05) is 60.7 Å². The predicted molar refractivity (Wildman–Crippen MR) is 179 cm³/mol. The quantitative estimate of drug-likeness (QED) is 0.166. The van der Waals surface area contributed by atoms with Crippen molar-refractivity contribution in [3.8, 4) is 5.69 Å². The summed E-state index contributed by atoms with van der Waals surface area (Å²) in [6.45, 7) is 0. The van der Waals surface area contributed by atoms with Crippen LogP contribution in [0.3, 0.4) is 0 Å². The van der Waals surface area contributed by atoms with E-state index in [4.69, 9.17) is 10.4 Å². The van der Waals surface area contributed by atoms with Crippen LogP contribution >= 0.6 is 0 Å². The van der Waals surface area contributed by atoms with Gasteiger partial charge >= 0.3 is 0 Å². The van der Waals surface area contributed by atoms with Gasteiger partial charge in [-0.05, 0) is 24.3 Å². The van der Waals surface area contributed by atoms with Gasteiger partial charge in [0.1, 0.15) is 0 Å². The lowest BCUT2D eigenvalue weighted by atomic mass is 10.1. The Bertz CT molecular complexity index is 2310. The predicted octanol–water partition coefficient (Wildman–Crippen LogP) is 8.91. The largest absolute Gasteiger partial charge is 0.307 e. The number of amidine groups is 2. The van der Waals surface area contributed by atoms with Gasteiger partial charge in [-0.2, -0.15) is 0 Å². The number of aliphatic imine (C=N–C) groups is 1. The Kier molecular flexibility index (Phi) is 5.86. The van der Waals surface area contributed by atoms with E-state index >= 15 is 0 Å². The summed E-state index contributed by atoms with van der Waals surface area (Å²) in [6.07, 6.45) is 0. The maximum atomic E-state index is 8.87. The summed E-state index contributed by atoms with van der Waals surface area (Å²) in [5, 5.41) is 13.5. The van der Waals surface area contributed by atoms with Crippen molar-refractivity contribution in [1.29, 1.82) is 5.41 Å². The zero-order valence-corrected chi connectivity index (χ0v) is 23.3. The number of para-hydroxylation sites is 3. The van der Waals surface area contributed by atoms with Crippen molar-refractivity contribution in [1.82, 2.24) is 9.24 Å². The van der Waals surface area contributed by atoms with Crippen molar-refractivity contribution in [2.75, 3.05) is 5.43 Å². The highest BCUT2D eigenvalue weighted by molar-refractivity contribution is 6.24. The summed E-state index contributed by atoms with van der Waals surface area (Å²) >= 11 is 0. The number of fused-ring (bicyclic) bond motifs is 7. The summed E-state index contributed by atoms with van der Waals surface area (Å²) in [5.41, 5.74) is 10.8. The van der Waals surface area contributed by atoms with E-state index in [2.05, 4.69) is 106 Å². The number of nitrogens with one attached hydrogen (secondary N) is 2. The van der Waals surface area contributed by atoms with Crippen LogP contribution in [0.4, 0.5) is 0 Å². The van der Waals surface area contributed by atoms with Gasteiger partial charge in [-0.15, -0.1) is 0 Å². The van der Waals surface area contributed by atoms with E-state index in [9.17, 15) is 0 Å². The Labute approximate surface area is 248 Å². The maximum Gasteiger partial charge on any atom is 0.154 e. The Balaban J connectivity index is 1.46. The smallest absolute Gasteiger partial charge is 0.154 e. The molecule has 0 aliphatic carbocycles. The fourth-order valence-corrected chi connectivity index (χ4v) is 6.09. The molecule has 2 heterocycles. The molecule has 0 amide bonds. The van der Waals surface area contributed by atoms with E-state index < -0.39 is 0 Å². The van der Waals surface area contributed by atoms with Gasteiger partial charge in [-0.25, -0.2) is 4.99 Å². The molecule has 0 aliphatic heterocycles. The van der Waals surface area contributed by atoms with Gasteiger partial charge in [-0.3, -0.25) is 15.5 Å². The zero-order chi connectivity index (χ0) is 28.8. The molecule has 0 radical (unpaired) electrons. The summed E-state index contributed by atoms with van der Waals surface area (Å²) < 4.78 is 4.50. The van der Waals surface area contributed by atoms with Crippen LogP contribution in [0.5, 0.6) is 0 Å². The van der Waals surface area contributed by atoms with Gasteiger partial charge in [0, 0.05) is 38.4 Å².